The van der Waals surface area contributed by atoms with E-state index in [1.807, 2.05) is 23.6 Å². The Hall–Kier alpha value is -1.67. The van der Waals surface area contributed by atoms with E-state index in [1.54, 1.807) is 36.6 Å². The van der Waals surface area contributed by atoms with E-state index in [0.29, 0.717) is 15.8 Å². The molecule has 4 nitrogen and oxygen atoms in total. The van der Waals surface area contributed by atoms with E-state index < -0.39 is 6.10 Å². The molecule has 3 rings (SSSR count). The van der Waals surface area contributed by atoms with E-state index in [4.69, 9.17) is 4.74 Å². The van der Waals surface area contributed by atoms with Crippen molar-refractivity contribution in [1.29, 1.82) is 0 Å². The Morgan fingerprint density at radius 2 is 2.12 bits per heavy atom. The van der Waals surface area contributed by atoms with Crippen LogP contribution in [0.5, 0.6) is 5.75 Å². The summed E-state index contributed by atoms with van der Waals surface area (Å²) in [6.07, 6.45) is -0.743. The summed E-state index contributed by atoms with van der Waals surface area (Å²) in [5, 5.41) is 15.2. The minimum Gasteiger partial charge on any atom is -0.497 e. The van der Waals surface area contributed by atoms with E-state index in [9.17, 15) is 9.90 Å². The molecule has 0 aliphatic heterocycles. The molecule has 0 saturated carbocycles. The van der Waals surface area contributed by atoms with Crippen molar-refractivity contribution in [2.45, 2.75) is 6.10 Å². The van der Waals surface area contributed by atoms with Crippen LogP contribution < -0.4 is 10.1 Å². The molecule has 130 valence electrons. The second-order valence-electron chi connectivity index (χ2n) is 5.25. The van der Waals surface area contributed by atoms with E-state index in [-0.39, 0.29) is 12.5 Å². The molecule has 2 aromatic heterocycles. The Morgan fingerprint density at radius 3 is 2.84 bits per heavy atom. The van der Waals surface area contributed by atoms with Crippen molar-refractivity contribution in [2.24, 2.45) is 0 Å². The van der Waals surface area contributed by atoms with Gasteiger partial charge in [0.05, 0.1) is 12.7 Å². The minimum absolute atomic E-state index is 0.146. The van der Waals surface area contributed by atoms with Gasteiger partial charge in [0.25, 0.3) is 5.91 Å². The maximum absolute atomic E-state index is 12.4. The van der Waals surface area contributed by atoms with Crippen LogP contribution in [0.1, 0.15) is 21.3 Å². The topological polar surface area (TPSA) is 58.6 Å². The number of amides is 1. The number of carbonyl (C=O) groups excluding carboxylic acids is 1. The number of hydrogen-bond acceptors (Lipinski definition) is 5. The summed E-state index contributed by atoms with van der Waals surface area (Å²) >= 11 is 6.56. The standard InChI is InChI=1S/C18H16BrNO3S2/c1-23-11-4-5-13(19)12(9-11)18(22)20-10-14(21)15-6-7-17(25-15)16-3-2-8-24-16/h2-9,14,21H,10H2,1H3,(H,20,22)/t14-/m1/s1. The fraction of sp³-hybridized carbons (Fsp3) is 0.167. The first-order valence-electron chi connectivity index (χ1n) is 7.52. The van der Waals surface area contributed by atoms with Gasteiger partial charge in [0, 0.05) is 25.6 Å². The molecule has 7 heteroatoms. The average Bonchev–Trinajstić information content (AvgIpc) is 3.30. The van der Waals surface area contributed by atoms with Crippen LogP contribution >= 0.6 is 38.6 Å². The normalized spacial score (nSPS) is 12.0. The summed E-state index contributed by atoms with van der Waals surface area (Å²) in [5.41, 5.74) is 0.469. The molecular weight excluding hydrogens is 422 g/mol. The molecule has 1 amide bonds. The predicted octanol–water partition coefficient (Wildman–Crippen LogP) is 4.71. The number of aliphatic hydroxyl groups is 1. The van der Waals surface area contributed by atoms with E-state index in [0.717, 1.165) is 9.75 Å². The summed E-state index contributed by atoms with van der Waals surface area (Å²) in [4.78, 5) is 15.5. The van der Waals surface area contributed by atoms with Crippen molar-refractivity contribution < 1.29 is 14.6 Å². The highest BCUT2D eigenvalue weighted by atomic mass is 79.9. The van der Waals surface area contributed by atoms with Crippen LogP contribution in [0.3, 0.4) is 0 Å². The molecule has 1 atom stereocenters. The quantitative estimate of drug-likeness (QED) is 0.586. The number of ether oxygens (including phenoxy) is 1. The van der Waals surface area contributed by atoms with Crippen LogP contribution in [0.25, 0.3) is 9.75 Å². The minimum atomic E-state index is -0.743. The second-order valence-corrected chi connectivity index (χ2v) is 8.17. The molecule has 0 aliphatic rings. The monoisotopic (exact) mass is 437 g/mol. The predicted molar refractivity (Wildman–Crippen MR) is 106 cm³/mol. The van der Waals surface area contributed by atoms with E-state index in [1.165, 1.54) is 16.2 Å². The fourth-order valence-electron chi connectivity index (χ4n) is 2.27. The van der Waals surface area contributed by atoms with Crippen LogP contribution in [0, 0.1) is 0 Å². The molecule has 2 heterocycles. The maximum Gasteiger partial charge on any atom is 0.252 e. The molecule has 0 saturated heterocycles. The zero-order valence-electron chi connectivity index (χ0n) is 13.4. The number of rotatable bonds is 6. The number of carbonyl (C=O) groups is 1. The van der Waals surface area contributed by atoms with Crippen LogP contribution in [-0.2, 0) is 0 Å². The van der Waals surface area contributed by atoms with Gasteiger partial charge >= 0.3 is 0 Å². The third-order valence-corrected chi connectivity index (χ3v) is 6.54. The molecule has 0 radical (unpaired) electrons. The highest BCUT2D eigenvalue weighted by Gasteiger charge is 2.16. The summed E-state index contributed by atoms with van der Waals surface area (Å²) in [6, 6.07) is 13.1. The van der Waals surface area contributed by atoms with Gasteiger partial charge in [-0.15, -0.1) is 22.7 Å². The van der Waals surface area contributed by atoms with Crippen LogP contribution in [0.2, 0.25) is 0 Å². The van der Waals surface area contributed by atoms with Gasteiger partial charge in [-0.1, -0.05) is 6.07 Å². The van der Waals surface area contributed by atoms with Gasteiger partial charge in [-0.2, -0.15) is 0 Å². The number of nitrogens with one attached hydrogen (secondary N) is 1. The molecule has 0 aliphatic carbocycles. The van der Waals surface area contributed by atoms with E-state index in [2.05, 4.69) is 27.3 Å². The molecule has 2 N–H and O–H groups in total. The number of halogens is 1. The zero-order chi connectivity index (χ0) is 17.8. The second kappa shape index (κ2) is 8.14. The molecule has 25 heavy (non-hydrogen) atoms. The van der Waals surface area contributed by atoms with Gasteiger partial charge in [-0.25, -0.2) is 0 Å². The lowest BCUT2D eigenvalue weighted by atomic mass is 10.2. The molecule has 0 bridgehead atoms. The summed E-state index contributed by atoms with van der Waals surface area (Å²) in [7, 11) is 1.55. The lowest BCUT2D eigenvalue weighted by molar-refractivity contribution is 0.0917. The SMILES string of the molecule is COc1ccc(Br)c(C(=O)NC[C@@H](O)c2ccc(-c3cccs3)s2)c1. The third kappa shape index (κ3) is 4.30. The van der Waals surface area contributed by atoms with Crippen molar-refractivity contribution in [1.82, 2.24) is 5.32 Å². The first-order chi connectivity index (χ1) is 12.1. The molecule has 0 spiro atoms. The summed E-state index contributed by atoms with van der Waals surface area (Å²) < 4.78 is 5.82. The highest BCUT2D eigenvalue weighted by Crippen LogP contribution is 2.34. The fourth-order valence-corrected chi connectivity index (χ4v) is 4.53. The number of benzene rings is 1. The van der Waals surface area contributed by atoms with Crippen LogP contribution in [0.15, 0.2) is 52.3 Å². The van der Waals surface area contributed by atoms with Crippen molar-refractivity contribution in [3.63, 3.8) is 0 Å². The summed E-state index contributed by atoms with van der Waals surface area (Å²) in [5.74, 6) is 0.340. The number of hydrogen-bond donors (Lipinski definition) is 2. The van der Waals surface area contributed by atoms with Crippen LogP contribution in [0.4, 0.5) is 0 Å². The lowest BCUT2D eigenvalue weighted by Crippen LogP contribution is -2.28. The zero-order valence-corrected chi connectivity index (χ0v) is 16.6. The average molecular weight is 438 g/mol. The van der Waals surface area contributed by atoms with Crippen molar-refractivity contribution in [2.75, 3.05) is 13.7 Å². The third-order valence-electron chi connectivity index (χ3n) is 3.59. The van der Waals surface area contributed by atoms with Crippen LogP contribution in [-0.4, -0.2) is 24.7 Å². The highest BCUT2D eigenvalue weighted by molar-refractivity contribution is 9.10. The van der Waals surface area contributed by atoms with Gasteiger partial charge in [-0.05, 0) is 57.7 Å². The van der Waals surface area contributed by atoms with Gasteiger partial charge in [0.15, 0.2) is 0 Å². The molecule has 0 unspecified atom stereocenters. The van der Waals surface area contributed by atoms with Gasteiger partial charge in [-0.3, -0.25) is 4.79 Å². The Morgan fingerprint density at radius 1 is 1.28 bits per heavy atom. The number of methoxy groups -OCH3 is 1. The maximum atomic E-state index is 12.4. The van der Waals surface area contributed by atoms with Crippen molar-refractivity contribution in [3.8, 4) is 15.5 Å². The molecule has 0 fully saturated rings. The van der Waals surface area contributed by atoms with Gasteiger partial charge in [0.2, 0.25) is 0 Å². The van der Waals surface area contributed by atoms with Crippen molar-refractivity contribution in [3.05, 3.63) is 62.8 Å². The van der Waals surface area contributed by atoms with Crippen molar-refractivity contribution >= 4 is 44.5 Å². The Bertz CT molecular complexity index is 861. The van der Waals surface area contributed by atoms with Gasteiger partial charge in [0.1, 0.15) is 11.9 Å². The Labute approximate surface area is 162 Å². The van der Waals surface area contributed by atoms with Gasteiger partial charge < -0.3 is 15.2 Å². The largest absolute Gasteiger partial charge is 0.497 e. The number of thiophene rings is 2. The molecule has 3 aromatic rings. The first-order valence-corrected chi connectivity index (χ1v) is 10.0. The molecular formula is C18H16BrNO3S2. The summed E-state index contributed by atoms with van der Waals surface area (Å²) in [6.45, 7) is 0.146. The smallest absolute Gasteiger partial charge is 0.252 e. The Kier molecular flexibility index (Phi) is 5.90. The molecule has 1 aromatic carbocycles. The Balaban J connectivity index is 1.64. The number of aliphatic hydroxyl groups excluding tert-OH is 1. The lowest BCUT2D eigenvalue weighted by Gasteiger charge is -2.12. The van der Waals surface area contributed by atoms with E-state index >= 15 is 0 Å². The first kappa shape index (κ1) is 18.1.